The predicted octanol–water partition coefficient (Wildman–Crippen LogP) is 4.78. The molecule has 0 bridgehead atoms. The number of nitrogens with zero attached hydrogens (tertiary/aromatic N) is 2. The first-order valence-electron chi connectivity index (χ1n) is 12.3. The zero-order valence-corrected chi connectivity index (χ0v) is 21.5. The van der Waals surface area contributed by atoms with Crippen LogP contribution in [0.15, 0.2) is 83.8 Å². The molecule has 1 N–H and O–H groups in total. The highest BCUT2D eigenvalue weighted by molar-refractivity contribution is 8.18. The molecule has 194 valence electrons. The van der Waals surface area contributed by atoms with E-state index in [1.807, 2.05) is 78.9 Å². The van der Waals surface area contributed by atoms with Crippen molar-refractivity contribution in [3.05, 3.63) is 94.9 Å². The summed E-state index contributed by atoms with van der Waals surface area (Å²) in [5.74, 6) is -0.351. The highest BCUT2D eigenvalue weighted by atomic mass is 32.2. The maximum absolute atomic E-state index is 13.0. The van der Waals surface area contributed by atoms with E-state index in [0.717, 1.165) is 41.0 Å². The number of nitrogens with one attached hydrogen (secondary N) is 1. The van der Waals surface area contributed by atoms with Crippen LogP contribution in [0, 0.1) is 0 Å². The fourth-order valence-corrected chi connectivity index (χ4v) is 4.99. The molecule has 9 heteroatoms. The molecule has 0 aromatic heterocycles. The number of carbonyl (C=O) groups excluding carboxylic acids is 3. The van der Waals surface area contributed by atoms with Crippen LogP contribution < -0.4 is 15.0 Å². The van der Waals surface area contributed by atoms with Gasteiger partial charge in [-0.05, 0) is 53.7 Å². The Labute approximate surface area is 225 Å². The minimum Gasteiger partial charge on any atom is -0.488 e. The molecule has 2 saturated heterocycles. The second kappa shape index (κ2) is 12.0. The summed E-state index contributed by atoms with van der Waals surface area (Å²) in [7, 11) is 0. The standard InChI is InChI=1S/C29H27N3O5S/c33-27(30-23-10-12-24(13-11-23)31-14-16-36-17-15-31)19-32-28(34)26(38-29(32)35)18-22-8-4-5-9-25(22)37-20-21-6-2-1-3-7-21/h1-13,18H,14-17,19-20H2,(H,30,33)/b26-18+. The fraction of sp³-hybridized carbons (Fsp3) is 0.207. The number of morpholine rings is 1. The quantitative estimate of drug-likeness (QED) is 0.420. The minimum atomic E-state index is -0.504. The highest BCUT2D eigenvalue weighted by Gasteiger charge is 2.36. The van der Waals surface area contributed by atoms with Crippen molar-refractivity contribution in [1.82, 2.24) is 4.90 Å². The third-order valence-corrected chi connectivity index (χ3v) is 7.05. The second-order valence-corrected chi connectivity index (χ2v) is 9.77. The SMILES string of the molecule is O=C(CN1C(=O)S/C(=C/c2ccccc2OCc2ccccc2)C1=O)Nc1ccc(N2CCOCC2)cc1. The number of benzene rings is 3. The van der Waals surface area contributed by atoms with Crippen LogP contribution in [0.3, 0.4) is 0 Å². The Balaban J connectivity index is 1.20. The number of carbonyl (C=O) groups is 3. The molecule has 2 fully saturated rings. The first kappa shape index (κ1) is 25.6. The largest absolute Gasteiger partial charge is 0.488 e. The number of hydrogen-bond donors (Lipinski definition) is 1. The van der Waals surface area contributed by atoms with Gasteiger partial charge in [-0.2, -0.15) is 0 Å². The van der Waals surface area contributed by atoms with Crippen molar-refractivity contribution in [2.75, 3.05) is 43.1 Å². The van der Waals surface area contributed by atoms with Crippen molar-refractivity contribution in [2.24, 2.45) is 0 Å². The van der Waals surface area contributed by atoms with Gasteiger partial charge >= 0.3 is 0 Å². The Hall–Kier alpha value is -4.08. The van der Waals surface area contributed by atoms with Crippen LogP contribution in [-0.2, 0) is 20.9 Å². The van der Waals surface area contributed by atoms with Gasteiger partial charge < -0.3 is 19.7 Å². The van der Waals surface area contributed by atoms with Gasteiger partial charge in [0, 0.05) is 30.0 Å². The number of anilines is 2. The molecule has 0 saturated carbocycles. The van der Waals surface area contributed by atoms with Crippen LogP contribution in [-0.4, -0.2) is 54.8 Å². The van der Waals surface area contributed by atoms with Gasteiger partial charge in [0.15, 0.2) is 0 Å². The van der Waals surface area contributed by atoms with E-state index in [-0.39, 0.29) is 11.4 Å². The minimum absolute atomic E-state index is 0.244. The van der Waals surface area contributed by atoms with E-state index < -0.39 is 17.1 Å². The summed E-state index contributed by atoms with van der Waals surface area (Å²) in [6, 6.07) is 24.6. The normalized spacial score (nSPS) is 16.7. The molecular formula is C29H27N3O5S. The summed E-state index contributed by atoms with van der Waals surface area (Å²) in [4.78, 5) is 41.7. The van der Waals surface area contributed by atoms with E-state index in [1.165, 1.54) is 0 Å². The monoisotopic (exact) mass is 529 g/mol. The summed E-state index contributed by atoms with van der Waals surface area (Å²) in [5, 5.41) is 2.28. The Morgan fingerprint density at radius 3 is 2.42 bits per heavy atom. The van der Waals surface area contributed by atoms with Crippen LogP contribution in [0.1, 0.15) is 11.1 Å². The first-order chi connectivity index (χ1) is 18.6. The second-order valence-electron chi connectivity index (χ2n) is 8.77. The molecule has 2 aliphatic rings. The number of amides is 3. The average Bonchev–Trinajstić information content (AvgIpc) is 3.21. The van der Waals surface area contributed by atoms with E-state index in [2.05, 4.69) is 10.2 Å². The molecule has 2 heterocycles. The maximum atomic E-state index is 13.0. The predicted molar refractivity (Wildman–Crippen MR) is 148 cm³/mol. The summed E-state index contributed by atoms with van der Waals surface area (Å²) in [6.45, 7) is 3.04. The summed E-state index contributed by atoms with van der Waals surface area (Å²) in [5.41, 5.74) is 3.34. The van der Waals surface area contributed by atoms with Crippen LogP contribution in [0.25, 0.3) is 6.08 Å². The number of imide groups is 1. The first-order valence-corrected chi connectivity index (χ1v) is 13.1. The lowest BCUT2D eigenvalue weighted by molar-refractivity contribution is -0.127. The van der Waals surface area contributed by atoms with Crippen molar-refractivity contribution in [3.63, 3.8) is 0 Å². The Morgan fingerprint density at radius 2 is 1.66 bits per heavy atom. The number of para-hydroxylation sites is 1. The lowest BCUT2D eigenvalue weighted by Crippen LogP contribution is -2.36. The van der Waals surface area contributed by atoms with E-state index >= 15 is 0 Å². The fourth-order valence-electron chi connectivity index (χ4n) is 4.17. The lowest BCUT2D eigenvalue weighted by Gasteiger charge is -2.28. The van der Waals surface area contributed by atoms with Gasteiger partial charge in [-0.15, -0.1) is 0 Å². The Morgan fingerprint density at radius 1 is 0.947 bits per heavy atom. The van der Waals surface area contributed by atoms with Gasteiger partial charge in [-0.3, -0.25) is 19.3 Å². The third-order valence-electron chi connectivity index (χ3n) is 6.15. The van der Waals surface area contributed by atoms with Crippen LogP contribution >= 0.6 is 11.8 Å². The molecule has 2 aliphatic heterocycles. The van der Waals surface area contributed by atoms with Crippen molar-refractivity contribution in [2.45, 2.75) is 6.61 Å². The molecule has 8 nitrogen and oxygen atoms in total. The Kier molecular flexibility index (Phi) is 8.06. The maximum Gasteiger partial charge on any atom is 0.294 e. The smallest absolute Gasteiger partial charge is 0.294 e. The number of hydrogen-bond acceptors (Lipinski definition) is 7. The molecule has 0 radical (unpaired) electrons. The molecule has 3 amide bonds. The number of thioether (sulfide) groups is 1. The molecule has 0 unspecified atom stereocenters. The van der Waals surface area contributed by atoms with Crippen LogP contribution in [0.4, 0.5) is 16.2 Å². The van der Waals surface area contributed by atoms with Gasteiger partial charge in [0.2, 0.25) is 5.91 Å². The summed E-state index contributed by atoms with van der Waals surface area (Å²) >= 11 is 0.813. The lowest BCUT2D eigenvalue weighted by atomic mass is 10.1. The number of rotatable bonds is 8. The molecule has 0 aliphatic carbocycles. The summed E-state index contributed by atoms with van der Waals surface area (Å²) < 4.78 is 11.3. The molecule has 3 aromatic rings. The molecular weight excluding hydrogens is 502 g/mol. The van der Waals surface area contributed by atoms with Gasteiger partial charge in [0.25, 0.3) is 11.1 Å². The summed E-state index contributed by atoms with van der Waals surface area (Å²) in [6.07, 6.45) is 1.63. The van der Waals surface area contributed by atoms with E-state index in [4.69, 9.17) is 9.47 Å². The zero-order valence-electron chi connectivity index (χ0n) is 20.7. The molecule has 38 heavy (non-hydrogen) atoms. The van der Waals surface area contributed by atoms with Crippen molar-refractivity contribution in [3.8, 4) is 5.75 Å². The van der Waals surface area contributed by atoms with Crippen molar-refractivity contribution in [1.29, 1.82) is 0 Å². The van der Waals surface area contributed by atoms with Crippen LogP contribution in [0.5, 0.6) is 5.75 Å². The van der Waals surface area contributed by atoms with Crippen molar-refractivity contribution < 1.29 is 23.9 Å². The molecule has 3 aromatic carbocycles. The van der Waals surface area contributed by atoms with E-state index in [9.17, 15) is 14.4 Å². The van der Waals surface area contributed by atoms with E-state index in [0.29, 0.717) is 36.8 Å². The third kappa shape index (κ3) is 6.24. The van der Waals surface area contributed by atoms with E-state index in [1.54, 1.807) is 6.08 Å². The van der Waals surface area contributed by atoms with Gasteiger partial charge in [-0.25, -0.2) is 0 Å². The molecule has 0 spiro atoms. The Bertz CT molecular complexity index is 1340. The zero-order chi connectivity index (χ0) is 26.3. The topological polar surface area (TPSA) is 88.2 Å². The van der Waals surface area contributed by atoms with Gasteiger partial charge in [0.1, 0.15) is 18.9 Å². The molecule has 0 atom stereocenters. The number of ether oxygens (including phenoxy) is 2. The van der Waals surface area contributed by atoms with Gasteiger partial charge in [-0.1, -0.05) is 48.5 Å². The van der Waals surface area contributed by atoms with Gasteiger partial charge in [0.05, 0.1) is 18.1 Å². The van der Waals surface area contributed by atoms with Crippen molar-refractivity contribution >= 4 is 46.3 Å². The average molecular weight is 530 g/mol. The highest BCUT2D eigenvalue weighted by Crippen LogP contribution is 2.34. The molecule has 5 rings (SSSR count). The van der Waals surface area contributed by atoms with Crippen LogP contribution in [0.2, 0.25) is 0 Å².